The second kappa shape index (κ2) is 7.67. The zero-order chi connectivity index (χ0) is 19.7. The van der Waals surface area contributed by atoms with E-state index in [1.807, 2.05) is 36.1 Å². The van der Waals surface area contributed by atoms with E-state index in [4.69, 9.17) is 12.2 Å². The summed E-state index contributed by atoms with van der Waals surface area (Å²) in [5, 5.41) is 4.98. The molecule has 0 unspecified atom stereocenters. The third kappa shape index (κ3) is 3.89. The van der Waals surface area contributed by atoms with E-state index in [0.717, 1.165) is 28.4 Å². The number of anilines is 2. The number of rotatable bonds is 2. The van der Waals surface area contributed by atoms with E-state index in [1.165, 1.54) is 12.1 Å². The Morgan fingerprint density at radius 1 is 1.00 bits per heavy atom. The minimum absolute atomic E-state index is 0.561. The van der Waals surface area contributed by atoms with E-state index in [0.29, 0.717) is 37.0 Å². The van der Waals surface area contributed by atoms with Gasteiger partial charge in [0.15, 0.2) is 5.11 Å². The normalized spacial score (nSPS) is 14.4. The number of fused-ring (bicyclic) bond motifs is 1. The molecule has 3 aromatic rings. The average Bonchev–Trinajstić information content (AvgIpc) is 2.68. The van der Waals surface area contributed by atoms with Crippen molar-refractivity contribution in [3.8, 4) is 0 Å². The van der Waals surface area contributed by atoms with Crippen LogP contribution in [0.5, 0.6) is 0 Å². The van der Waals surface area contributed by atoms with Gasteiger partial charge in [-0.05, 0) is 43.4 Å². The lowest BCUT2D eigenvalue weighted by Gasteiger charge is -2.37. The molecule has 4 nitrogen and oxygen atoms in total. The first-order valence-electron chi connectivity index (χ1n) is 9.13. The highest BCUT2D eigenvalue weighted by molar-refractivity contribution is 7.80. The quantitative estimate of drug-likeness (QED) is 0.649. The predicted molar refractivity (Wildman–Crippen MR) is 113 cm³/mol. The zero-order valence-electron chi connectivity index (χ0n) is 15.5. The maximum absolute atomic E-state index is 13.5. The summed E-state index contributed by atoms with van der Waals surface area (Å²) in [5.74, 6) is -1.12. The lowest BCUT2D eigenvalue weighted by atomic mass is 10.2. The summed E-state index contributed by atoms with van der Waals surface area (Å²) >= 11 is 5.58. The van der Waals surface area contributed by atoms with Crippen LogP contribution in [0.2, 0.25) is 0 Å². The van der Waals surface area contributed by atoms with Crippen LogP contribution in [-0.2, 0) is 0 Å². The lowest BCUT2D eigenvalue weighted by molar-refractivity contribution is 0.390. The van der Waals surface area contributed by atoms with Crippen molar-refractivity contribution in [2.24, 2.45) is 0 Å². The van der Waals surface area contributed by atoms with Crippen LogP contribution < -0.4 is 10.2 Å². The van der Waals surface area contributed by atoms with E-state index in [-0.39, 0.29) is 0 Å². The molecule has 144 valence electrons. The molecule has 0 spiro atoms. The average molecular weight is 398 g/mol. The molecule has 0 bridgehead atoms. The van der Waals surface area contributed by atoms with Gasteiger partial charge in [0.2, 0.25) is 0 Å². The Bertz CT molecular complexity index is 1010. The second-order valence-corrected chi connectivity index (χ2v) is 7.23. The molecule has 0 amide bonds. The number of nitrogens with one attached hydrogen (secondary N) is 1. The minimum Gasteiger partial charge on any atom is -0.368 e. The number of benzene rings is 2. The summed E-state index contributed by atoms with van der Waals surface area (Å²) in [7, 11) is 0. The Labute approximate surface area is 167 Å². The fourth-order valence-electron chi connectivity index (χ4n) is 3.42. The van der Waals surface area contributed by atoms with Crippen LogP contribution in [0.4, 0.5) is 20.2 Å². The van der Waals surface area contributed by atoms with Gasteiger partial charge < -0.3 is 15.1 Å². The Balaban J connectivity index is 1.42. The highest BCUT2D eigenvalue weighted by Gasteiger charge is 2.20. The van der Waals surface area contributed by atoms with Gasteiger partial charge in [0.1, 0.15) is 11.6 Å². The lowest BCUT2D eigenvalue weighted by Crippen LogP contribution is -2.50. The van der Waals surface area contributed by atoms with Crippen molar-refractivity contribution in [2.75, 3.05) is 36.4 Å². The number of pyridine rings is 1. The van der Waals surface area contributed by atoms with Crippen molar-refractivity contribution in [3.05, 3.63) is 65.9 Å². The largest absolute Gasteiger partial charge is 0.368 e. The van der Waals surface area contributed by atoms with Gasteiger partial charge >= 0.3 is 0 Å². The molecular formula is C21H20F2N4S. The van der Waals surface area contributed by atoms with E-state index in [9.17, 15) is 8.78 Å². The summed E-state index contributed by atoms with van der Waals surface area (Å²) in [5.41, 5.74) is 3.28. The number of para-hydroxylation sites is 1. The fourth-order valence-corrected chi connectivity index (χ4v) is 3.72. The molecule has 1 fully saturated rings. The van der Waals surface area contributed by atoms with Gasteiger partial charge in [-0.1, -0.05) is 18.2 Å². The Kier molecular flexibility index (Phi) is 5.09. The highest BCUT2D eigenvalue weighted by Crippen LogP contribution is 2.22. The number of piperazine rings is 1. The smallest absolute Gasteiger partial charge is 0.173 e. The fraction of sp³-hybridized carbons (Fsp3) is 0.238. The number of aryl methyl sites for hydroxylation is 1. The number of nitrogens with zero attached hydrogens (tertiary/aromatic N) is 3. The molecule has 0 aliphatic carbocycles. The third-order valence-electron chi connectivity index (χ3n) is 4.94. The van der Waals surface area contributed by atoms with Gasteiger partial charge in [-0.25, -0.2) is 8.78 Å². The molecule has 1 saturated heterocycles. The van der Waals surface area contributed by atoms with Crippen molar-refractivity contribution < 1.29 is 8.78 Å². The molecule has 28 heavy (non-hydrogen) atoms. The molecule has 1 N–H and O–H groups in total. The van der Waals surface area contributed by atoms with Crippen LogP contribution in [0.3, 0.4) is 0 Å². The van der Waals surface area contributed by atoms with Crippen LogP contribution in [0, 0.1) is 18.6 Å². The monoisotopic (exact) mass is 398 g/mol. The molecular weight excluding hydrogens is 378 g/mol. The van der Waals surface area contributed by atoms with Crippen LogP contribution in [-0.4, -0.2) is 41.2 Å². The molecule has 1 aliphatic rings. The van der Waals surface area contributed by atoms with Crippen molar-refractivity contribution in [3.63, 3.8) is 0 Å². The summed E-state index contributed by atoms with van der Waals surface area (Å²) < 4.78 is 26.9. The Hall–Kier alpha value is -2.80. The molecule has 7 heteroatoms. The molecule has 0 saturated carbocycles. The van der Waals surface area contributed by atoms with E-state index in [1.54, 1.807) is 0 Å². The van der Waals surface area contributed by atoms with E-state index in [2.05, 4.69) is 21.3 Å². The second-order valence-electron chi connectivity index (χ2n) is 6.85. The Morgan fingerprint density at radius 2 is 1.68 bits per heavy atom. The maximum Gasteiger partial charge on any atom is 0.173 e. The van der Waals surface area contributed by atoms with Crippen molar-refractivity contribution in [1.82, 2.24) is 9.88 Å². The third-order valence-corrected chi connectivity index (χ3v) is 5.30. The molecule has 1 aromatic heterocycles. The predicted octanol–water partition coefficient (Wildman–Crippen LogP) is 4.34. The minimum atomic E-state index is -0.561. The molecule has 2 heterocycles. The van der Waals surface area contributed by atoms with Gasteiger partial charge in [0.05, 0.1) is 16.9 Å². The number of hydrogen-bond acceptors (Lipinski definition) is 3. The molecule has 0 radical (unpaired) electrons. The number of thiocarbonyl (C=S) groups is 1. The molecule has 0 atom stereocenters. The topological polar surface area (TPSA) is 31.4 Å². The zero-order valence-corrected chi connectivity index (χ0v) is 16.3. The standard InChI is InChI=1S/C21H20F2N4S/c1-14-20(10-15-4-2-3-5-19(15)24-14)25-21(28)27-8-6-26(7-9-27)18-12-16(22)11-17(23)13-18/h2-5,10-13H,6-9H2,1H3,(H,25,28). The van der Waals surface area contributed by atoms with Crippen LogP contribution in [0.1, 0.15) is 5.69 Å². The van der Waals surface area contributed by atoms with Gasteiger partial charge in [-0.2, -0.15) is 0 Å². The van der Waals surface area contributed by atoms with Crippen molar-refractivity contribution in [1.29, 1.82) is 0 Å². The van der Waals surface area contributed by atoms with Gasteiger partial charge in [0.25, 0.3) is 0 Å². The van der Waals surface area contributed by atoms with Gasteiger partial charge in [-0.3, -0.25) is 4.98 Å². The number of aromatic nitrogens is 1. The summed E-state index contributed by atoms with van der Waals surface area (Å²) in [6.45, 7) is 4.57. The van der Waals surface area contributed by atoms with E-state index < -0.39 is 11.6 Å². The number of halogens is 2. The van der Waals surface area contributed by atoms with Crippen molar-refractivity contribution >= 4 is 39.6 Å². The first-order valence-corrected chi connectivity index (χ1v) is 9.54. The SMILES string of the molecule is Cc1nc2ccccc2cc1NC(=S)N1CCN(c2cc(F)cc(F)c2)CC1. The van der Waals surface area contributed by atoms with Crippen molar-refractivity contribution in [2.45, 2.75) is 6.92 Å². The number of hydrogen-bond donors (Lipinski definition) is 1. The summed E-state index contributed by atoms with van der Waals surface area (Å²) in [6, 6.07) is 13.6. The summed E-state index contributed by atoms with van der Waals surface area (Å²) in [6.07, 6.45) is 0. The maximum atomic E-state index is 13.5. The first-order chi connectivity index (χ1) is 13.5. The van der Waals surface area contributed by atoms with Crippen LogP contribution in [0.15, 0.2) is 48.5 Å². The highest BCUT2D eigenvalue weighted by atomic mass is 32.1. The van der Waals surface area contributed by atoms with Gasteiger partial charge in [-0.15, -0.1) is 0 Å². The van der Waals surface area contributed by atoms with Gasteiger partial charge in [0, 0.05) is 43.3 Å². The van der Waals surface area contributed by atoms with Crippen LogP contribution in [0.25, 0.3) is 10.9 Å². The Morgan fingerprint density at radius 3 is 2.39 bits per heavy atom. The van der Waals surface area contributed by atoms with Crippen LogP contribution >= 0.6 is 12.2 Å². The van der Waals surface area contributed by atoms with E-state index >= 15 is 0 Å². The molecule has 2 aromatic carbocycles. The summed E-state index contributed by atoms with van der Waals surface area (Å²) in [4.78, 5) is 8.65. The first kappa shape index (κ1) is 18.6. The molecule has 1 aliphatic heterocycles. The molecule has 4 rings (SSSR count).